The van der Waals surface area contributed by atoms with Crippen LogP contribution in [-0.4, -0.2) is 42.0 Å². The van der Waals surface area contributed by atoms with Crippen molar-refractivity contribution in [3.05, 3.63) is 0 Å². The first-order valence-electron chi connectivity index (χ1n) is 6.33. The van der Waals surface area contributed by atoms with E-state index in [0.717, 1.165) is 19.5 Å². The molecule has 1 saturated heterocycles. The molecule has 1 rings (SSSR count). The Bertz CT molecular complexity index is 261. The molecule has 0 aromatic rings. The predicted molar refractivity (Wildman–Crippen MR) is 67.4 cm³/mol. The second-order valence-electron chi connectivity index (χ2n) is 5.93. The Balaban J connectivity index is 2.91. The van der Waals surface area contributed by atoms with Crippen LogP contribution in [0, 0.1) is 11.3 Å². The van der Waals surface area contributed by atoms with Gasteiger partial charge in [0.15, 0.2) is 0 Å². The number of hydrogen-bond acceptors (Lipinski definition) is 1. The Morgan fingerprint density at radius 3 is 2.19 bits per heavy atom. The van der Waals surface area contributed by atoms with Gasteiger partial charge in [-0.25, -0.2) is 4.79 Å². The molecule has 1 aliphatic heterocycles. The van der Waals surface area contributed by atoms with Crippen LogP contribution in [0.2, 0.25) is 0 Å². The molecular weight excluding hydrogens is 200 g/mol. The third kappa shape index (κ3) is 2.33. The fraction of sp³-hybridized carbons (Fsp3) is 0.923. The molecule has 3 nitrogen and oxygen atoms in total. The van der Waals surface area contributed by atoms with Crippen molar-refractivity contribution in [2.24, 2.45) is 11.3 Å². The average Bonchev–Trinajstić information content (AvgIpc) is 2.49. The lowest BCUT2D eigenvalue weighted by atomic mass is 9.75. The normalized spacial score (nSPS) is 19.8. The molecule has 0 N–H and O–H groups in total. The molecule has 0 spiro atoms. The summed E-state index contributed by atoms with van der Waals surface area (Å²) in [5.41, 5.74) is 0.189. The highest BCUT2D eigenvalue weighted by Gasteiger charge is 2.40. The van der Waals surface area contributed by atoms with E-state index in [9.17, 15) is 4.79 Å². The minimum Gasteiger partial charge on any atom is -0.326 e. The number of urea groups is 1. The molecule has 1 unspecified atom stereocenters. The standard InChI is InChI=1S/C13H26N2O/c1-7-13(4,5)11(10(2)3)15-9-8-14(6)12(15)16/h10-11H,7-9H2,1-6H3. The van der Waals surface area contributed by atoms with Gasteiger partial charge in [0.1, 0.15) is 0 Å². The fourth-order valence-electron chi connectivity index (χ4n) is 2.82. The highest BCUT2D eigenvalue weighted by Crippen LogP contribution is 2.35. The molecule has 0 saturated carbocycles. The summed E-state index contributed by atoms with van der Waals surface area (Å²) < 4.78 is 0. The van der Waals surface area contributed by atoms with Crippen LogP contribution in [0.4, 0.5) is 4.79 Å². The number of nitrogens with zero attached hydrogens (tertiary/aromatic N) is 2. The van der Waals surface area contributed by atoms with Crippen molar-refractivity contribution in [1.82, 2.24) is 9.80 Å². The van der Waals surface area contributed by atoms with Gasteiger partial charge in [-0.2, -0.15) is 0 Å². The number of carbonyl (C=O) groups is 1. The maximum atomic E-state index is 12.1. The fourth-order valence-corrected chi connectivity index (χ4v) is 2.82. The number of likely N-dealkylation sites (N-methyl/N-ethyl adjacent to an activating group) is 1. The summed E-state index contributed by atoms with van der Waals surface area (Å²) in [5.74, 6) is 0.505. The quantitative estimate of drug-likeness (QED) is 0.723. The minimum absolute atomic E-state index is 0.189. The van der Waals surface area contributed by atoms with Crippen LogP contribution < -0.4 is 0 Å². The van der Waals surface area contributed by atoms with E-state index in [4.69, 9.17) is 0 Å². The molecule has 1 atom stereocenters. The van der Waals surface area contributed by atoms with E-state index in [1.54, 1.807) is 0 Å². The van der Waals surface area contributed by atoms with Gasteiger partial charge >= 0.3 is 6.03 Å². The zero-order valence-electron chi connectivity index (χ0n) is 11.6. The van der Waals surface area contributed by atoms with Crippen molar-refractivity contribution in [2.45, 2.75) is 47.1 Å². The van der Waals surface area contributed by atoms with Gasteiger partial charge in [-0.15, -0.1) is 0 Å². The molecule has 0 aliphatic carbocycles. The monoisotopic (exact) mass is 226 g/mol. The van der Waals surface area contributed by atoms with Crippen LogP contribution in [0.25, 0.3) is 0 Å². The zero-order valence-corrected chi connectivity index (χ0v) is 11.6. The maximum absolute atomic E-state index is 12.1. The summed E-state index contributed by atoms with van der Waals surface area (Å²) in [4.78, 5) is 15.9. The molecule has 1 heterocycles. The Hall–Kier alpha value is -0.730. The number of carbonyl (C=O) groups excluding carboxylic acids is 1. The molecule has 0 aromatic carbocycles. The molecule has 2 amide bonds. The van der Waals surface area contributed by atoms with Crippen LogP contribution in [-0.2, 0) is 0 Å². The van der Waals surface area contributed by atoms with Crippen molar-refractivity contribution in [3.63, 3.8) is 0 Å². The Morgan fingerprint density at radius 1 is 1.31 bits per heavy atom. The lowest BCUT2D eigenvalue weighted by Crippen LogP contribution is -2.49. The van der Waals surface area contributed by atoms with E-state index < -0.39 is 0 Å². The van der Waals surface area contributed by atoms with Crippen LogP contribution in [0.15, 0.2) is 0 Å². The lowest BCUT2D eigenvalue weighted by molar-refractivity contribution is 0.0844. The second kappa shape index (κ2) is 4.64. The topological polar surface area (TPSA) is 23.6 Å². The van der Waals surface area contributed by atoms with Crippen molar-refractivity contribution in [3.8, 4) is 0 Å². The van der Waals surface area contributed by atoms with Gasteiger partial charge in [0.05, 0.1) is 0 Å². The highest BCUT2D eigenvalue weighted by atomic mass is 16.2. The van der Waals surface area contributed by atoms with Crippen LogP contribution >= 0.6 is 0 Å². The SMILES string of the molecule is CCC(C)(C)C(C(C)C)N1CCN(C)C1=O. The highest BCUT2D eigenvalue weighted by molar-refractivity contribution is 5.76. The first-order chi connectivity index (χ1) is 7.31. The van der Waals surface area contributed by atoms with E-state index in [2.05, 4.69) is 39.5 Å². The van der Waals surface area contributed by atoms with Crippen molar-refractivity contribution < 1.29 is 4.79 Å². The largest absolute Gasteiger partial charge is 0.326 e. The molecule has 16 heavy (non-hydrogen) atoms. The predicted octanol–water partition coefficient (Wildman–Crippen LogP) is 2.81. The van der Waals surface area contributed by atoms with Gasteiger partial charge in [0, 0.05) is 26.2 Å². The molecule has 0 aromatic heterocycles. The summed E-state index contributed by atoms with van der Waals surface area (Å²) >= 11 is 0. The van der Waals surface area contributed by atoms with Gasteiger partial charge in [-0.1, -0.05) is 34.6 Å². The number of hydrogen-bond donors (Lipinski definition) is 0. The van der Waals surface area contributed by atoms with Crippen LogP contribution in [0.3, 0.4) is 0 Å². The molecular formula is C13H26N2O. The molecule has 1 aliphatic rings. The van der Waals surface area contributed by atoms with Crippen LogP contribution in [0.5, 0.6) is 0 Å². The van der Waals surface area contributed by atoms with Crippen LogP contribution in [0.1, 0.15) is 41.0 Å². The Kier molecular flexibility index (Phi) is 3.87. The van der Waals surface area contributed by atoms with E-state index in [1.807, 2.05) is 11.9 Å². The summed E-state index contributed by atoms with van der Waals surface area (Å²) in [6.07, 6.45) is 1.10. The summed E-state index contributed by atoms with van der Waals surface area (Å²) in [6, 6.07) is 0.537. The van der Waals surface area contributed by atoms with E-state index in [1.165, 1.54) is 0 Å². The number of amides is 2. The molecule has 94 valence electrons. The summed E-state index contributed by atoms with van der Waals surface area (Å²) in [5, 5.41) is 0. The first-order valence-corrected chi connectivity index (χ1v) is 6.33. The van der Waals surface area contributed by atoms with E-state index in [0.29, 0.717) is 12.0 Å². The Morgan fingerprint density at radius 2 is 1.88 bits per heavy atom. The van der Waals surface area contributed by atoms with E-state index in [-0.39, 0.29) is 11.4 Å². The van der Waals surface area contributed by atoms with Crippen molar-refractivity contribution >= 4 is 6.03 Å². The molecule has 0 radical (unpaired) electrons. The van der Waals surface area contributed by atoms with E-state index >= 15 is 0 Å². The average molecular weight is 226 g/mol. The van der Waals surface area contributed by atoms with Gasteiger partial charge < -0.3 is 9.80 Å². The molecule has 1 fully saturated rings. The third-order valence-corrected chi connectivity index (χ3v) is 3.93. The summed E-state index contributed by atoms with van der Waals surface area (Å²) in [7, 11) is 1.89. The minimum atomic E-state index is 0.189. The zero-order chi connectivity index (χ0) is 12.5. The van der Waals surface area contributed by atoms with Crippen molar-refractivity contribution in [2.75, 3.05) is 20.1 Å². The second-order valence-corrected chi connectivity index (χ2v) is 5.93. The van der Waals surface area contributed by atoms with Gasteiger partial charge in [0.25, 0.3) is 0 Å². The Labute approximate surface area is 99.8 Å². The third-order valence-electron chi connectivity index (χ3n) is 3.93. The molecule has 3 heteroatoms. The maximum Gasteiger partial charge on any atom is 0.320 e. The molecule has 0 bridgehead atoms. The lowest BCUT2D eigenvalue weighted by Gasteiger charge is -2.42. The summed E-state index contributed by atoms with van der Waals surface area (Å²) in [6.45, 7) is 12.9. The van der Waals surface area contributed by atoms with Gasteiger partial charge in [-0.05, 0) is 17.8 Å². The smallest absolute Gasteiger partial charge is 0.320 e. The number of rotatable bonds is 4. The van der Waals surface area contributed by atoms with Crippen molar-refractivity contribution in [1.29, 1.82) is 0 Å². The first kappa shape index (κ1) is 13.3. The van der Waals surface area contributed by atoms with Gasteiger partial charge in [0.2, 0.25) is 0 Å². The van der Waals surface area contributed by atoms with Gasteiger partial charge in [-0.3, -0.25) is 0 Å².